The lowest BCUT2D eigenvalue weighted by molar-refractivity contribution is -0.137. The van der Waals surface area contributed by atoms with Gasteiger partial charge in [-0.25, -0.2) is 4.98 Å². The van der Waals surface area contributed by atoms with E-state index >= 15 is 0 Å². The van der Waals surface area contributed by atoms with Crippen LogP contribution in [0.15, 0.2) is 60.0 Å². The maximum Gasteiger partial charge on any atom is 0.416 e. The lowest BCUT2D eigenvalue weighted by atomic mass is 9.83. The van der Waals surface area contributed by atoms with Gasteiger partial charge in [-0.15, -0.1) is 11.3 Å². The summed E-state index contributed by atoms with van der Waals surface area (Å²) in [6, 6.07) is 15.2. The van der Waals surface area contributed by atoms with E-state index in [1.165, 1.54) is 17.4 Å². The first-order valence-electron chi connectivity index (χ1n) is 9.55. The molecule has 0 unspecified atom stereocenters. The van der Waals surface area contributed by atoms with Gasteiger partial charge in [-0.3, -0.25) is 4.79 Å². The summed E-state index contributed by atoms with van der Waals surface area (Å²) in [7, 11) is 0. The topological polar surface area (TPSA) is 42.0 Å². The predicted octanol–water partition coefficient (Wildman–Crippen LogP) is 5.39. The summed E-state index contributed by atoms with van der Waals surface area (Å²) >= 11 is 1.51. The molecule has 0 bridgehead atoms. The second kappa shape index (κ2) is 9.00. The van der Waals surface area contributed by atoms with Crippen LogP contribution in [0, 0.1) is 0 Å². The van der Waals surface area contributed by atoms with Crippen molar-refractivity contribution >= 4 is 17.2 Å². The van der Waals surface area contributed by atoms with Crippen LogP contribution in [0.1, 0.15) is 41.2 Å². The SMILES string of the molecule is CC(C)(CNC(=O)Cc1csc(Cc2ccccc2)n1)c1cccc(C(F)(F)F)c1. The van der Waals surface area contributed by atoms with E-state index in [4.69, 9.17) is 0 Å². The molecule has 1 aromatic heterocycles. The lowest BCUT2D eigenvalue weighted by Gasteiger charge is -2.26. The number of nitrogens with one attached hydrogen (secondary N) is 1. The van der Waals surface area contributed by atoms with Crippen LogP contribution in [0.4, 0.5) is 13.2 Å². The highest BCUT2D eigenvalue weighted by atomic mass is 32.1. The maximum absolute atomic E-state index is 13.0. The first kappa shape index (κ1) is 22.0. The van der Waals surface area contributed by atoms with E-state index in [0.29, 0.717) is 11.3 Å². The summed E-state index contributed by atoms with van der Waals surface area (Å²) < 4.78 is 38.9. The van der Waals surface area contributed by atoms with Crippen molar-refractivity contribution in [2.24, 2.45) is 0 Å². The minimum atomic E-state index is -4.39. The van der Waals surface area contributed by atoms with Gasteiger partial charge in [-0.05, 0) is 17.2 Å². The summed E-state index contributed by atoms with van der Waals surface area (Å²) in [6.07, 6.45) is -3.53. The third-order valence-corrected chi connectivity index (χ3v) is 5.74. The second-order valence-electron chi connectivity index (χ2n) is 7.81. The fourth-order valence-corrected chi connectivity index (χ4v) is 3.87. The van der Waals surface area contributed by atoms with Gasteiger partial charge in [-0.2, -0.15) is 13.2 Å². The van der Waals surface area contributed by atoms with Gasteiger partial charge in [0.1, 0.15) is 0 Å². The van der Waals surface area contributed by atoms with Crippen LogP contribution in [0.2, 0.25) is 0 Å². The Morgan fingerprint density at radius 3 is 2.43 bits per heavy atom. The van der Waals surface area contributed by atoms with Crippen molar-refractivity contribution in [1.29, 1.82) is 0 Å². The van der Waals surface area contributed by atoms with E-state index in [0.717, 1.165) is 29.1 Å². The molecular formula is C23H23F3N2OS. The number of thiazole rings is 1. The van der Waals surface area contributed by atoms with Crippen LogP contribution in [0.3, 0.4) is 0 Å². The van der Waals surface area contributed by atoms with Crippen molar-refractivity contribution in [3.05, 3.63) is 87.4 Å². The number of amides is 1. The number of hydrogen-bond acceptors (Lipinski definition) is 3. The summed E-state index contributed by atoms with van der Waals surface area (Å²) in [4.78, 5) is 16.9. The molecule has 0 fully saturated rings. The molecule has 0 aliphatic rings. The Balaban J connectivity index is 1.56. The second-order valence-corrected chi connectivity index (χ2v) is 8.75. The van der Waals surface area contributed by atoms with Gasteiger partial charge in [0.2, 0.25) is 5.91 Å². The standard InChI is InChI=1S/C23H23F3N2OS/c1-22(2,17-9-6-10-18(12-17)23(24,25)26)15-27-20(29)13-19-14-30-21(28-19)11-16-7-4-3-5-8-16/h3-10,12,14H,11,13,15H2,1-2H3,(H,27,29). The van der Waals surface area contributed by atoms with Gasteiger partial charge in [0.05, 0.1) is 22.7 Å². The summed E-state index contributed by atoms with van der Waals surface area (Å²) in [6.45, 7) is 3.85. The molecule has 0 atom stereocenters. The Bertz CT molecular complexity index is 997. The van der Waals surface area contributed by atoms with Gasteiger partial charge in [-0.1, -0.05) is 62.4 Å². The van der Waals surface area contributed by atoms with Crippen molar-refractivity contribution in [1.82, 2.24) is 10.3 Å². The minimum Gasteiger partial charge on any atom is -0.355 e. The number of rotatable bonds is 7. The Morgan fingerprint density at radius 2 is 1.73 bits per heavy atom. The van der Waals surface area contributed by atoms with E-state index in [2.05, 4.69) is 10.3 Å². The average Bonchev–Trinajstić information content (AvgIpc) is 3.13. The van der Waals surface area contributed by atoms with Gasteiger partial charge < -0.3 is 5.32 Å². The lowest BCUT2D eigenvalue weighted by Crippen LogP contribution is -2.37. The Morgan fingerprint density at radius 1 is 1.03 bits per heavy atom. The van der Waals surface area contributed by atoms with Crippen LogP contribution in [0.25, 0.3) is 0 Å². The van der Waals surface area contributed by atoms with Crippen LogP contribution in [-0.4, -0.2) is 17.4 Å². The first-order chi connectivity index (χ1) is 14.1. The summed E-state index contributed by atoms with van der Waals surface area (Å²) in [5.41, 5.74) is 1.05. The van der Waals surface area contributed by atoms with E-state index in [-0.39, 0.29) is 18.9 Å². The Hall–Kier alpha value is -2.67. The maximum atomic E-state index is 13.0. The molecule has 3 nitrogen and oxygen atoms in total. The minimum absolute atomic E-state index is 0.143. The fourth-order valence-electron chi connectivity index (χ4n) is 3.05. The quantitative estimate of drug-likeness (QED) is 0.544. The number of carbonyl (C=O) groups is 1. The molecule has 3 aromatic rings. The normalized spacial score (nSPS) is 12.0. The van der Waals surface area contributed by atoms with Gasteiger partial charge >= 0.3 is 6.18 Å². The van der Waals surface area contributed by atoms with E-state index in [1.807, 2.05) is 49.6 Å². The Kier molecular flexibility index (Phi) is 6.61. The zero-order valence-electron chi connectivity index (χ0n) is 16.8. The number of hydrogen-bond donors (Lipinski definition) is 1. The molecule has 30 heavy (non-hydrogen) atoms. The molecule has 3 rings (SSSR count). The molecule has 1 N–H and O–H groups in total. The molecule has 158 valence electrons. The first-order valence-corrected chi connectivity index (χ1v) is 10.4. The summed E-state index contributed by atoms with van der Waals surface area (Å²) in [5.74, 6) is -0.202. The molecule has 1 heterocycles. The van der Waals surface area contributed by atoms with Crippen molar-refractivity contribution in [3.63, 3.8) is 0 Å². The molecule has 0 radical (unpaired) electrons. The highest BCUT2D eigenvalue weighted by Crippen LogP contribution is 2.32. The number of carbonyl (C=O) groups excluding carboxylic acids is 1. The van der Waals surface area contributed by atoms with Gasteiger partial charge in [0.25, 0.3) is 0 Å². The van der Waals surface area contributed by atoms with E-state index in [9.17, 15) is 18.0 Å². The van der Waals surface area contributed by atoms with Crippen LogP contribution >= 0.6 is 11.3 Å². The molecule has 0 saturated carbocycles. The molecule has 0 spiro atoms. The zero-order chi connectivity index (χ0) is 21.8. The molecule has 7 heteroatoms. The van der Waals surface area contributed by atoms with Crippen molar-refractivity contribution in [2.75, 3.05) is 6.54 Å². The van der Waals surface area contributed by atoms with Crippen molar-refractivity contribution in [2.45, 2.75) is 38.3 Å². The van der Waals surface area contributed by atoms with E-state index < -0.39 is 17.2 Å². The monoisotopic (exact) mass is 432 g/mol. The number of alkyl halides is 3. The number of aromatic nitrogens is 1. The zero-order valence-corrected chi connectivity index (χ0v) is 17.6. The van der Waals surface area contributed by atoms with Crippen LogP contribution in [-0.2, 0) is 29.2 Å². The fraction of sp³-hybridized carbons (Fsp3) is 0.304. The van der Waals surface area contributed by atoms with Crippen LogP contribution < -0.4 is 5.32 Å². The molecule has 1 amide bonds. The molecule has 0 saturated heterocycles. The molecule has 0 aliphatic heterocycles. The molecular weight excluding hydrogens is 409 g/mol. The van der Waals surface area contributed by atoms with Gasteiger partial charge in [0.15, 0.2) is 0 Å². The predicted molar refractivity (Wildman–Crippen MR) is 113 cm³/mol. The van der Waals surface area contributed by atoms with Crippen LogP contribution in [0.5, 0.6) is 0 Å². The Labute approximate surface area is 178 Å². The highest BCUT2D eigenvalue weighted by molar-refractivity contribution is 7.09. The van der Waals surface area contributed by atoms with Crippen molar-refractivity contribution in [3.8, 4) is 0 Å². The van der Waals surface area contributed by atoms with Gasteiger partial charge in [0, 0.05) is 23.8 Å². The third-order valence-electron chi connectivity index (χ3n) is 4.84. The molecule has 2 aromatic carbocycles. The average molecular weight is 433 g/mol. The number of nitrogens with zero attached hydrogens (tertiary/aromatic N) is 1. The van der Waals surface area contributed by atoms with E-state index in [1.54, 1.807) is 6.07 Å². The number of benzene rings is 2. The smallest absolute Gasteiger partial charge is 0.355 e. The third kappa shape index (κ3) is 5.92. The van der Waals surface area contributed by atoms with Crippen molar-refractivity contribution < 1.29 is 18.0 Å². The largest absolute Gasteiger partial charge is 0.416 e. The highest BCUT2D eigenvalue weighted by Gasteiger charge is 2.32. The summed E-state index contributed by atoms with van der Waals surface area (Å²) in [5, 5.41) is 5.64. The number of halogens is 3. The molecule has 0 aliphatic carbocycles.